The number of para-hydroxylation sites is 1. The number of hydrogen-bond acceptors (Lipinski definition) is 6. The maximum absolute atomic E-state index is 11.5. The van der Waals surface area contributed by atoms with E-state index in [2.05, 4.69) is 11.7 Å². The van der Waals surface area contributed by atoms with Gasteiger partial charge in [0.15, 0.2) is 6.10 Å². The second-order valence-corrected chi connectivity index (χ2v) is 7.48. The number of ether oxygens (including phenoxy) is 4. The molecule has 0 aliphatic rings. The molecule has 0 aliphatic carbocycles. The lowest BCUT2D eigenvalue weighted by molar-refractivity contribution is -0.150. The minimum Gasteiger partial charge on any atom is -0.493 e. The van der Waals surface area contributed by atoms with Crippen molar-refractivity contribution in [3.05, 3.63) is 83.9 Å². The van der Waals surface area contributed by atoms with Gasteiger partial charge in [-0.2, -0.15) is 0 Å². The highest BCUT2D eigenvalue weighted by Gasteiger charge is 2.18. The van der Waals surface area contributed by atoms with Gasteiger partial charge in [-0.1, -0.05) is 43.7 Å². The molecule has 33 heavy (non-hydrogen) atoms. The van der Waals surface area contributed by atoms with Crippen molar-refractivity contribution in [1.82, 2.24) is 0 Å². The Hall–Kier alpha value is -3.51. The number of benzene rings is 3. The van der Waals surface area contributed by atoms with Crippen LogP contribution in [0.4, 0.5) is 0 Å². The van der Waals surface area contributed by atoms with Crippen molar-refractivity contribution >= 4 is 5.97 Å². The van der Waals surface area contributed by atoms with Crippen LogP contribution in [-0.2, 0) is 16.0 Å². The lowest BCUT2D eigenvalue weighted by atomic mass is 10.1. The third kappa shape index (κ3) is 7.26. The topological polar surface area (TPSA) is 74.2 Å². The van der Waals surface area contributed by atoms with Crippen molar-refractivity contribution in [2.45, 2.75) is 32.3 Å². The average molecular weight is 451 g/mol. The van der Waals surface area contributed by atoms with Crippen LogP contribution < -0.4 is 14.2 Å². The summed E-state index contributed by atoms with van der Waals surface area (Å²) in [5, 5.41) is 9.96. The molecule has 1 N–H and O–H groups in total. The van der Waals surface area contributed by atoms with E-state index in [1.54, 1.807) is 24.3 Å². The summed E-state index contributed by atoms with van der Waals surface area (Å²) < 4.78 is 22.3. The molecule has 0 aliphatic heterocycles. The van der Waals surface area contributed by atoms with Crippen molar-refractivity contribution < 1.29 is 28.8 Å². The van der Waals surface area contributed by atoms with E-state index < -0.39 is 12.1 Å². The van der Waals surface area contributed by atoms with Gasteiger partial charge in [-0.15, -0.1) is 0 Å². The molecule has 0 amide bonds. The highest BCUT2D eigenvalue weighted by Crippen LogP contribution is 2.29. The van der Waals surface area contributed by atoms with Crippen LogP contribution in [0, 0.1) is 0 Å². The molecule has 174 valence electrons. The normalized spacial score (nSPS) is 11.5. The smallest absolute Gasteiger partial charge is 0.339 e. The molecular formula is C27H30O6. The molecule has 0 unspecified atom stereocenters. The molecule has 0 fully saturated rings. The van der Waals surface area contributed by atoms with Crippen LogP contribution in [0.2, 0.25) is 0 Å². The Balaban J connectivity index is 1.50. The van der Waals surface area contributed by atoms with Gasteiger partial charge < -0.3 is 24.1 Å². The van der Waals surface area contributed by atoms with Gasteiger partial charge in [0.1, 0.15) is 23.0 Å². The molecule has 6 nitrogen and oxygen atoms in total. The Morgan fingerprint density at radius 1 is 0.879 bits per heavy atom. The van der Waals surface area contributed by atoms with Crippen molar-refractivity contribution in [1.29, 1.82) is 0 Å². The number of carbonyl (C=O) groups is 1. The fourth-order valence-electron chi connectivity index (χ4n) is 3.30. The number of methoxy groups -OCH3 is 1. The van der Waals surface area contributed by atoms with Crippen molar-refractivity contribution in [3.63, 3.8) is 0 Å². The van der Waals surface area contributed by atoms with Gasteiger partial charge in [0.2, 0.25) is 0 Å². The molecule has 0 saturated carbocycles. The molecular weight excluding hydrogens is 420 g/mol. The van der Waals surface area contributed by atoms with Gasteiger partial charge in [0, 0.05) is 6.42 Å². The Morgan fingerprint density at radius 2 is 1.64 bits per heavy atom. The van der Waals surface area contributed by atoms with Gasteiger partial charge in [-0.25, -0.2) is 4.79 Å². The standard InChI is InChI=1S/C27H30O6/c1-3-9-20-18-24(33-22-11-5-4-6-12-22)14-15-25(20)32-17-8-16-31-23-13-7-10-21(19-23)26(28)27(29)30-2/h4-7,10-15,18-19,26,28H,3,8-9,16-17H2,1-2H3/t26-/m1/s1. The lowest BCUT2D eigenvalue weighted by Crippen LogP contribution is -2.13. The monoisotopic (exact) mass is 450 g/mol. The summed E-state index contributed by atoms with van der Waals surface area (Å²) in [6.07, 6.45) is 1.25. The fourth-order valence-corrected chi connectivity index (χ4v) is 3.30. The molecule has 0 spiro atoms. The fraction of sp³-hybridized carbons (Fsp3) is 0.296. The first-order chi connectivity index (χ1) is 16.1. The van der Waals surface area contributed by atoms with E-state index in [-0.39, 0.29) is 0 Å². The minimum atomic E-state index is -1.33. The first-order valence-corrected chi connectivity index (χ1v) is 11.1. The Bertz CT molecular complexity index is 1020. The molecule has 3 aromatic rings. The first-order valence-electron chi connectivity index (χ1n) is 11.1. The highest BCUT2D eigenvalue weighted by atomic mass is 16.5. The van der Waals surface area contributed by atoms with E-state index in [4.69, 9.17) is 14.2 Å². The van der Waals surface area contributed by atoms with Gasteiger partial charge in [0.25, 0.3) is 0 Å². The van der Waals surface area contributed by atoms with Crippen molar-refractivity contribution in [3.8, 4) is 23.0 Å². The number of carbonyl (C=O) groups excluding carboxylic acids is 1. The molecule has 0 saturated heterocycles. The Kier molecular flexibility index (Phi) is 9.15. The van der Waals surface area contributed by atoms with E-state index in [1.165, 1.54) is 7.11 Å². The average Bonchev–Trinajstić information content (AvgIpc) is 2.85. The summed E-state index contributed by atoms with van der Waals surface area (Å²) in [6.45, 7) is 3.07. The zero-order valence-electron chi connectivity index (χ0n) is 19.0. The molecule has 0 heterocycles. The lowest BCUT2D eigenvalue weighted by Gasteiger charge is -2.14. The molecule has 3 aromatic carbocycles. The quantitative estimate of drug-likeness (QED) is 0.291. The molecule has 0 bridgehead atoms. The Morgan fingerprint density at radius 3 is 2.39 bits per heavy atom. The van der Waals surface area contributed by atoms with Crippen LogP contribution in [-0.4, -0.2) is 31.4 Å². The second kappa shape index (κ2) is 12.5. The third-order valence-corrected chi connectivity index (χ3v) is 4.94. The van der Waals surface area contributed by atoms with E-state index in [9.17, 15) is 9.90 Å². The first kappa shape index (κ1) is 24.1. The van der Waals surface area contributed by atoms with Gasteiger partial charge in [-0.3, -0.25) is 0 Å². The molecule has 1 atom stereocenters. The molecule has 0 radical (unpaired) electrons. The van der Waals surface area contributed by atoms with Crippen molar-refractivity contribution in [2.75, 3.05) is 20.3 Å². The van der Waals surface area contributed by atoms with Gasteiger partial charge >= 0.3 is 5.97 Å². The van der Waals surface area contributed by atoms with E-state index in [0.717, 1.165) is 35.7 Å². The SMILES string of the molecule is CCCc1cc(Oc2ccccc2)ccc1OCCCOc1cccc([C@@H](O)C(=O)OC)c1. The second-order valence-electron chi connectivity index (χ2n) is 7.48. The number of aliphatic hydroxyl groups excluding tert-OH is 1. The van der Waals surface area contributed by atoms with Crippen LogP contribution in [0.25, 0.3) is 0 Å². The number of hydrogen-bond donors (Lipinski definition) is 1. The van der Waals surface area contributed by atoms with Crippen LogP contribution in [0.15, 0.2) is 72.8 Å². The van der Waals surface area contributed by atoms with Crippen LogP contribution in [0.1, 0.15) is 37.0 Å². The summed E-state index contributed by atoms with van der Waals surface area (Å²) in [5.74, 6) is 2.30. The molecule has 3 rings (SSSR count). The zero-order chi connectivity index (χ0) is 23.5. The minimum absolute atomic E-state index is 0.428. The summed E-state index contributed by atoms with van der Waals surface area (Å²) in [7, 11) is 1.24. The maximum Gasteiger partial charge on any atom is 0.339 e. The predicted octanol–water partition coefficient (Wildman–Crippen LogP) is 5.49. The third-order valence-electron chi connectivity index (χ3n) is 4.94. The Labute approximate surface area is 194 Å². The van der Waals surface area contributed by atoms with Gasteiger partial charge in [-0.05, 0) is 60.0 Å². The van der Waals surface area contributed by atoms with Crippen molar-refractivity contribution in [2.24, 2.45) is 0 Å². The zero-order valence-corrected chi connectivity index (χ0v) is 19.0. The van der Waals surface area contributed by atoms with Crippen LogP contribution in [0.5, 0.6) is 23.0 Å². The van der Waals surface area contributed by atoms with E-state index >= 15 is 0 Å². The van der Waals surface area contributed by atoms with E-state index in [1.807, 2.05) is 48.5 Å². The number of aryl methyl sites for hydroxylation is 1. The summed E-state index contributed by atoms with van der Waals surface area (Å²) in [4.78, 5) is 11.5. The van der Waals surface area contributed by atoms with Gasteiger partial charge in [0.05, 0.1) is 20.3 Å². The predicted molar refractivity (Wildman–Crippen MR) is 126 cm³/mol. The number of rotatable bonds is 12. The van der Waals surface area contributed by atoms with Crippen LogP contribution >= 0.6 is 0 Å². The number of esters is 1. The molecule has 6 heteroatoms. The maximum atomic E-state index is 11.5. The molecule has 0 aromatic heterocycles. The highest BCUT2D eigenvalue weighted by molar-refractivity contribution is 5.76. The summed E-state index contributed by atoms with van der Waals surface area (Å²) in [6, 6.07) is 22.4. The van der Waals surface area contributed by atoms with E-state index in [0.29, 0.717) is 30.9 Å². The summed E-state index contributed by atoms with van der Waals surface area (Å²) in [5.41, 5.74) is 1.54. The largest absolute Gasteiger partial charge is 0.493 e. The summed E-state index contributed by atoms with van der Waals surface area (Å²) >= 11 is 0. The van der Waals surface area contributed by atoms with Crippen LogP contribution in [0.3, 0.4) is 0 Å². The number of aliphatic hydroxyl groups is 1.